The zero-order chi connectivity index (χ0) is 27.4. The molecule has 3 N–H and O–H groups in total. The molecule has 194 valence electrons. The van der Waals surface area contributed by atoms with E-state index in [9.17, 15) is 28.6 Å². The molecule has 0 aliphatic heterocycles. The van der Waals surface area contributed by atoms with E-state index in [-0.39, 0.29) is 11.3 Å². The molecule has 4 aromatic rings. The fourth-order valence-electron chi connectivity index (χ4n) is 3.52. The lowest BCUT2D eigenvalue weighted by atomic mass is 10.1. The zero-order valence-electron chi connectivity index (χ0n) is 20.1. The first-order chi connectivity index (χ1) is 18.0. The Morgan fingerprint density at radius 2 is 1.29 bits per heavy atom. The van der Waals surface area contributed by atoms with Crippen LogP contribution in [0, 0.1) is 34.1 Å². The maximum atomic E-state index is 12.9. The molecule has 1 heterocycles. The first-order valence-corrected chi connectivity index (χ1v) is 12.5. The molecule has 0 spiro atoms. The van der Waals surface area contributed by atoms with Gasteiger partial charge >= 0.3 is 0 Å². The highest BCUT2D eigenvalue weighted by atomic mass is 32.2. The molecule has 0 bridgehead atoms. The Bertz CT molecular complexity index is 1590. The fraction of sp³-hybridized carbons (Fsp3) is 0.0833. The van der Waals surface area contributed by atoms with Crippen molar-refractivity contribution in [3.8, 4) is 0 Å². The Hall–Kier alpha value is -5.11. The normalized spacial score (nSPS) is 11.0. The highest BCUT2D eigenvalue weighted by Gasteiger charge is 2.28. The minimum atomic E-state index is -4.37. The van der Waals surface area contributed by atoms with E-state index >= 15 is 0 Å². The SMILES string of the molecule is Cc1cc(Nc2ccccc2)nc(Nc2ccc(NS(=O)(=O)c3cc([N+](=O)[O-])c(C)c([N+](=O)[O-])c3)cc2)n1. The number of aromatic nitrogens is 2. The van der Waals surface area contributed by atoms with Gasteiger partial charge in [0.1, 0.15) is 16.3 Å². The summed E-state index contributed by atoms with van der Waals surface area (Å²) in [5.74, 6) is 0.896. The molecule has 0 saturated heterocycles. The van der Waals surface area contributed by atoms with Crippen LogP contribution in [-0.2, 0) is 10.0 Å². The first-order valence-electron chi connectivity index (χ1n) is 11.0. The fourth-order valence-corrected chi connectivity index (χ4v) is 4.61. The maximum Gasteiger partial charge on any atom is 0.280 e. The van der Waals surface area contributed by atoms with Gasteiger partial charge in [-0.15, -0.1) is 0 Å². The van der Waals surface area contributed by atoms with Gasteiger partial charge in [0.2, 0.25) is 5.95 Å². The summed E-state index contributed by atoms with van der Waals surface area (Å²) in [6.07, 6.45) is 0. The van der Waals surface area contributed by atoms with Crippen molar-refractivity contribution in [2.75, 3.05) is 15.4 Å². The van der Waals surface area contributed by atoms with E-state index in [0.29, 0.717) is 23.1 Å². The van der Waals surface area contributed by atoms with Crippen LogP contribution in [0.5, 0.6) is 0 Å². The van der Waals surface area contributed by atoms with Crippen LogP contribution in [0.4, 0.5) is 40.2 Å². The third-order valence-corrected chi connectivity index (χ3v) is 6.68. The minimum absolute atomic E-state index is 0.137. The third kappa shape index (κ3) is 5.99. The van der Waals surface area contributed by atoms with Gasteiger partial charge in [-0.05, 0) is 50.2 Å². The summed E-state index contributed by atoms with van der Waals surface area (Å²) >= 11 is 0. The van der Waals surface area contributed by atoms with Crippen LogP contribution in [0.25, 0.3) is 0 Å². The van der Waals surface area contributed by atoms with Crippen LogP contribution < -0.4 is 15.4 Å². The zero-order valence-corrected chi connectivity index (χ0v) is 20.9. The molecule has 1 aromatic heterocycles. The van der Waals surface area contributed by atoms with Gasteiger partial charge in [0, 0.05) is 41.0 Å². The van der Waals surface area contributed by atoms with Gasteiger partial charge in [0.15, 0.2) is 0 Å². The molecule has 0 amide bonds. The number of hydrogen-bond donors (Lipinski definition) is 3. The maximum absolute atomic E-state index is 12.9. The minimum Gasteiger partial charge on any atom is -0.340 e. The van der Waals surface area contributed by atoms with Crippen LogP contribution in [-0.4, -0.2) is 28.2 Å². The van der Waals surface area contributed by atoms with Crippen molar-refractivity contribution >= 4 is 50.2 Å². The Balaban J connectivity index is 1.52. The molecular weight excluding hydrogens is 514 g/mol. The van der Waals surface area contributed by atoms with E-state index in [1.807, 2.05) is 37.3 Å². The second-order valence-corrected chi connectivity index (χ2v) is 9.80. The van der Waals surface area contributed by atoms with Gasteiger partial charge in [-0.25, -0.2) is 13.4 Å². The number of rotatable bonds is 9. The molecule has 0 aliphatic rings. The summed E-state index contributed by atoms with van der Waals surface area (Å²) in [6.45, 7) is 3.01. The van der Waals surface area contributed by atoms with E-state index in [1.165, 1.54) is 19.1 Å². The summed E-state index contributed by atoms with van der Waals surface area (Å²) in [4.78, 5) is 29.1. The molecule has 0 atom stereocenters. The van der Waals surface area contributed by atoms with E-state index in [1.54, 1.807) is 18.2 Å². The lowest BCUT2D eigenvalue weighted by molar-refractivity contribution is -0.395. The Kier molecular flexibility index (Phi) is 7.16. The standard InChI is InChI=1S/C24H21N7O6S/c1-15-12-23(26-17-6-4-3-5-7-17)28-24(25-15)27-18-8-10-19(11-9-18)29-38(36,37)20-13-21(30(32)33)16(2)22(14-20)31(34)35/h3-14,29H,1-2H3,(H2,25,26,27,28). The van der Waals surface area contributed by atoms with Crippen molar-refractivity contribution in [1.29, 1.82) is 0 Å². The average Bonchev–Trinajstić information content (AvgIpc) is 2.85. The van der Waals surface area contributed by atoms with Crippen LogP contribution in [0.3, 0.4) is 0 Å². The molecule has 3 aromatic carbocycles. The lowest BCUT2D eigenvalue weighted by Crippen LogP contribution is -2.14. The molecule has 14 heteroatoms. The highest BCUT2D eigenvalue weighted by Crippen LogP contribution is 2.32. The van der Waals surface area contributed by atoms with Crippen molar-refractivity contribution in [3.05, 3.63) is 104 Å². The predicted octanol–water partition coefficient (Wildman–Crippen LogP) is 5.20. The van der Waals surface area contributed by atoms with E-state index in [2.05, 4.69) is 25.3 Å². The summed E-state index contributed by atoms with van der Waals surface area (Å²) in [5.41, 5.74) is 0.694. The second-order valence-electron chi connectivity index (χ2n) is 8.12. The van der Waals surface area contributed by atoms with E-state index in [4.69, 9.17) is 0 Å². The van der Waals surface area contributed by atoms with Crippen molar-refractivity contribution in [1.82, 2.24) is 9.97 Å². The molecule has 0 unspecified atom stereocenters. The highest BCUT2D eigenvalue weighted by molar-refractivity contribution is 7.92. The van der Waals surface area contributed by atoms with Crippen LogP contribution in [0.15, 0.2) is 77.7 Å². The number of nitro groups is 2. The number of benzene rings is 3. The van der Waals surface area contributed by atoms with Crippen LogP contribution in [0.2, 0.25) is 0 Å². The second kappa shape index (κ2) is 10.5. The van der Waals surface area contributed by atoms with Gasteiger partial charge in [-0.2, -0.15) is 4.98 Å². The lowest BCUT2D eigenvalue weighted by Gasteiger charge is -2.12. The Morgan fingerprint density at radius 1 is 0.737 bits per heavy atom. The number of sulfonamides is 1. The monoisotopic (exact) mass is 535 g/mol. The molecular formula is C24H21N7O6S. The molecule has 0 aliphatic carbocycles. The molecule has 4 rings (SSSR count). The Labute approximate surface area is 216 Å². The van der Waals surface area contributed by atoms with Gasteiger partial charge in [0.25, 0.3) is 21.4 Å². The Morgan fingerprint density at radius 3 is 1.87 bits per heavy atom. The number of nitro benzene ring substituents is 2. The molecule has 13 nitrogen and oxygen atoms in total. The first kappa shape index (κ1) is 26.0. The van der Waals surface area contributed by atoms with Gasteiger partial charge in [0.05, 0.1) is 9.85 Å². The number of nitrogens with one attached hydrogen (secondary N) is 3. The van der Waals surface area contributed by atoms with Crippen molar-refractivity contribution in [3.63, 3.8) is 0 Å². The third-order valence-electron chi connectivity index (χ3n) is 5.32. The summed E-state index contributed by atoms with van der Waals surface area (Å²) in [7, 11) is -4.37. The summed E-state index contributed by atoms with van der Waals surface area (Å²) in [6, 6.07) is 18.9. The van der Waals surface area contributed by atoms with Gasteiger partial charge in [-0.3, -0.25) is 25.0 Å². The van der Waals surface area contributed by atoms with Crippen LogP contribution >= 0.6 is 0 Å². The molecule has 0 fully saturated rings. The number of aryl methyl sites for hydroxylation is 1. The number of nitrogens with zero attached hydrogens (tertiary/aromatic N) is 4. The van der Waals surface area contributed by atoms with Crippen molar-refractivity contribution in [2.24, 2.45) is 0 Å². The summed E-state index contributed by atoms with van der Waals surface area (Å²) in [5, 5.41) is 28.8. The van der Waals surface area contributed by atoms with Crippen molar-refractivity contribution < 1.29 is 18.3 Å². The van der Waals surface area contributed by atoms with E-state index < -0.39 is 36.1 Å². The predicted molar refractivity (Wildman–Crippen MR) is 142 cm³/mol. The number of hydrogen-bond acceptors (Lipinski definition) is 10. The molecule has 0 radical (unpaired) electrons. The number of anilines is 5. The molecule has 38 heavy (non-hydrogen) atoms. The largest absolute Gasteiger partial charge is 0.340 e. The van der Waals surface area contributed by atoms with Crippen LogP contribution in [0.1, 0.15) is 11.3 Å². The molecule has 0 saturated carbocycles. The summed E-state index contributed by atoms with van der Waals surface area (Å²) < 4.78 is 28.0. The van der Waals surface area contributed by atoms with Gasteiger partial charge in [-0.1, -0.05) is 18.2 Å². The number of para-hydroxylation sites is 1. The topological polar surface area (TPSA) is 182 Å². The average molecular weight is 536 g/mol. The smallest absolute Gasteiger partial charge is 0.280 e. The van der Waals surface area contributed by atoms with E-state index in [0.717, 1.165) is 17.8 Å². The quantitative estimate of drug-likeness (QED) is 0.190. The van der Waals surface area contributed by atoms with Gasteiger partial charge < -0.3 is 10.6 Å². The van der Waals surface area contributed by atoms with Crippen molar-refractivity contribution in [2.45, 2.75) is 18.7 Å².